The van der Waals surface area contributed by atoms with Crippen molar-refractivity contribution < 1.29 is 9.90 Å². The van der Waals surface area contributed by atoms with Crippen LogP contribution in [0.5, 0.6) is 0 Å². The summed E-state index contributed by atoms with van der Waals surface area (Å²) in [4.78, 5) is 17.8. The zero-order valence-corrected chi connectivity index (χ0v) is 15.3. The Balaban J connectivity index is 1.75. The molecule has 1 aliphatic rings. The standard InChI is InChI=1S/C22H26N2O2/c1-17-7-2-3-10-20(17)21(18-8-4-12-23-15-18)11-6-14-24-13-5-9-19(16-24)22(25)26/h2-4,7-8,10-12,15,19H,5-6,9,13-14,16H2,1H3,(H,25,26)/b21-11+. The SMILES string of the molecule is Cc1ccccc1/C(=C/CCN1CCCC(C(=O)O)C1)c1cccnc1. The molecule has 1 unspecified atom stereocenters. The van der Waals surface area contributed by atoms with Crippen molar-refractivity contribution in [3.63, 3.8) is 0 Å². The molecule has 1 aromatic heterocycles. The molecule has 0 spiro atoms. The van der Waals surface area contributed by atoms with E-state index < -0.39 is 5.97 Å². The average molecular weight is 350 g/mol. The van der Waals surface area contributed by atoms with Gasteiger partial charge in [0.05, 0.1) is 5.92 Å². The molecule has 2 heterocycles. The van der Waals surface area contributed by atoms with Crippen molar-refractivity contribution in [2.45, 2.75) is 26.2 Å². The first-order chi connectivity index (χ1) is 12.6. The van der Waals surface area contributed by atoms with Crippen molar-refractivity contribution in [3.8, 4) is 0 Å². The van der Waals surface area contributed by atoms with Crippen LogP contribution in [0.25, 0.3) is 5.57 Å². The van der Waals surface area contributed by atoms with Gasteiger partial charge in [0.2, 0.25) is 0 Å². The molecule has 3 rings (SSSR count). The Bertz CT molecular complexity index is 771. The molecular weight excluding hydrogens is 324 g/mol. The molecule has 26 heavy (non-hydrogen) atoms. The van der Waals surface area contributed by atoms with Crippen molar-refractivity contribution >= 4 is 11.5 Å². The third-order valence-corrected chi connectivity index (χ3v) is 5.06. The van der Waals surface area contributed by atoms with Crippen LogP contribution < -0.4 is 0 Å². The molecule has 1 atom stereocenters. The summed E-state index contributed by atoms with van der Waals surface area (Å²) >= 11 is 0. The van der Waals surface area contributed by atoms with Crippen molar-refractivity contribution in [1.29, 1.82) is 0 Å². The van der Waals surface area contributed by atoms with Crippen LogP contribution in [0, 0.1) is 12.8 Å². The molecule has 1 saturated heterocycles. The van der Waals surface area contributed by atoms with Gasteiger partial charge in [0.25, 0.3) is 0 Å². The van der Waals surface area contributed by atoms with Crippen LogP contribution in [0.4, 0.5) is 0 Å². The summed E-state index contributed by atoms with van der Waals surface area (Å²) in [6.07, 6.45) is 8.62. The molecule has 0 bridgehead atoms. The van der Waals surface area contributed by atoms with Crippen LogP contribution in [-0.4, -0.2) is 40.6 Å². The number of nitrogens with zero attached hydrogens (tertiary/aromatic N) is 2. The summed E-state index contributed by atoms with van der Waals surface area (Å²) in [6, 6.07) is 12.4. The summed E-state index contributed by atoms with van der Waals surface area (Å²) in [5, 5.41) is 9.25. The number of hydrogen-bond acceptors (Lipinski definition) is 3. The molecule has 1 aliphatic heterocycles. The largest absolute Gasteiger partial charge is 0.481 e. The summed E-state index contributed by atoms with van der Waals surface area (Å²) in [5.41, 5.74) is 4.78. The molecule has 0 amide bonds. The zero-order chi connectivity index (χ0) is 18.4. The number of rotatable bonds is 6. The second kappa shape index (κ2) is 8.77. The van der Waals surface area contributed by atoms with E-state index in [4.69, 9.17) is 0 Å². The highest BCUT2D eigenvalue weighted by Crippen LogP contribution is 2.26. The third kappa shape index (κ3) is 4.58. The average Bonchev–Trinajstić information content (AvgIpc) is 2.67. The van der Waals surface area contributed by atoms with E-state index in [9.17, 15) is 9.90 Å². The molecule has 1 fully saturated rings. The topological polar surface area (TPSA) is 53.4 Å². The molecule has 0 saturated carbocycles. The van der Waals surface area contributed by atoms with E-state index in [1.54, 1.807) is 6.20 Å². The van der Waals surface area contributed by atoms with Gasteiger partial charge in [0, 0.05) is 31.0 Å². The lowest BCUT2D eigenvalue weighted by Gasteiger charge is -2.30. The Morgan fingerprint density at radius 2 is 2.15 bits per heavy atom. The normalized spacial score (nSPS) is 18.7. The van der Waals surface area contributed by atoms with Gasteiger partial charge in [-0.15, -0.1) is 0 Å². The maximum Gasteiger partial charge on any atom is 0.307 e. The summed E-state index contributed by atoms with van der Waals surface area (Å²) in [5.74, 6) is -0.886. The number of benzene rings is 1. The van der Waals surface area contributed by atoms with Crippen LogP contribution in [0.15, 0.2) is 54.9 Å². The molecule has 4 nitrogen and oxygen atoms in total. The second-order valence-electron chi connectivity index (χ2n) is 6.94. The molecule has 4 heteroatoms. The number of aryl methyl sites for hydroxylation is 1. The Kier molecular flexibility index (Phi) is 6.18. The Labute approximate surface area is 155 Å². The van der Waals surface area contributed by atoms with Gasteiger partial charge < -0.3 is 10.0 Å². The number of hydrogen-bond donors (Lipinski definition) is 1. The fourth-order valence-corrected chi connectivity index (χ4v) is 3.63. The fourth-order valence-electron chi connectivity index (χ4n) is 3.63. The molecule has 1 aromatic carbocycles. The van der Waals surface area contributed by atoms with E-state index in [0.29, 0.717) is 6.54 Å². The van der Waals surface area contributed by atoms with Crippen LogP contribution in [0.3, 0.4) is 0 Å². The predicted octanol–water partition coefficient (Wildman–Crippen LogP) is 4.01. The molecule has 0 aliphatic carbocycles. The lowest BCUT2D eigenvalue weighted by molar-refractivity contribution is -0.143. The van der Waals surface area contributed by atoms with Gasteiger partial charge in [-0.05, 0) is 55.5 Å². The van der Waals surface area contributed by atoms with Gasteiger partial charge in [0.1, 0.15) is 0 Å². The summed E-state index contributed by atoms with van der Waals surface area (Å²) in [7, 11) is 0. The fraction of sp³-hybridized carbons (Fsp3) is 0.364. The van der Waals surface area contributed by atoms with Gasteiger partial charge in [-0.25, -0.2) is 0 Å². The minimum absolute atomic E-state index is 0.220. The highest BCUT2D eigenvalue weighted by molar-refractivity contribution is 5.80. The first-order valence-corrected chi connectivity index (χ1v) is 9.27. The van der Waals surface area contributed by atoms with Crippen LogP contribution in [-0.2, 0) is 4.79 Å². The number of aliphatic carboxylic acids is 1. The molecule has 136 valence electrons. The minimum Gasteiger partial charge on any atom is -0.481 e. The van der Waals surface area contributed by atoms with Gasteiger partial charge in [0.15, 0.2) is 0 Å². The van der Waals surface area contributed by atoms with Crippen molar-refractivity contribution in [3.05, 3.63) is 71.6 Å². The van der Waals surface area contributed by atoms with E-state index >= 15 is 0 Å². The second-order valence-corrected chi connectivity index (χ2v) is 6.94. The number of aromatic nitrogens is 1. The van der Waals surface area contributed by atoms with E-state index in [1.165, 1.54) is 16.7 Å². The van der Waals surface area contributed by atoms with Crippen LogP contribution >= 0.6 is 0 Å². The summed E-state index contributed by atoms with van der Waals surface area (Å²) in [6.45, 7) is 4.67. The van der Waals surface area contributed by atoms with Crippen molar-refractivity contribution in [2.24, 2.45) is 5.92 Å². The van der Waals surface area contributed by atoms with E-state index in [2.05, 4.69) is 53.2 Å². The third-order valence-electron chi connectivity index (χ3n) is 5.06. The highest BCUT2D eigenvalue weighted by atomic mass is 16.4. The highest BCUT2D eigenvalue weighted by Gasteiger charge is 2.24. The number of likely N-dealkylation sites (tertiary alicyclic amines) is 1. The minimum atomic E-state index is -0.666. The molecule has 2 aromatic rings. The van der Waals surface area contributed by atoms with Gasteiger partial charge >= 0.3 is 5.97 Å². The zero-order valence-electron chi connectivity index (χ0n) is 15.3. The lowest BCUT2D eigenvalue weighted by Crippen LogP contribution is -2.39. The van der Waals surface area contributed by atoms with Crippen molar-refractivity contribution in [2.75, 3.05) is 19.6 Å². The number of carboxylic acid groups (broad SMARTS) is 1. The smallest absolute Gasteiger partial charge is 0.307 e. The van der Waals surface area contributed by atoms with Gasteiger partial charge in [-0.2, -0.15) is 0 Å². The van der Waals surface area contributed by atoms with Crippen LogP contribution in [0.1, 0.15) is 36.0 Å². The number of carbonyl (C=O) groups is 1. The quantitative estimate of drug-likeness (QED) is 0.855. The maximum atomic E-state index is 11.2. The van der Waals surface area contributed by atoms with E-state index in [0.717, 1.165) is 37.9 Å². The maximum absolute atomic E-state index is 11.2. The molecule has 1 N–H and O–H groups in total. The van der Waals surface area contributed by atoms with Gasteiger partial charge in [-0.3, -0.25) is 9.78 Å². The monoisotopic (exact) mass is 350 g/mol. The van der Waals surface area contributed by atoms with Crippen LogP contribution in [0.2, 0.25) is 0 Å². The molecular formula is C22H26N2O2. The number of carboxylic acids is 1. The predicted molar refractivity (Wildman–Crippen MR) is 104 cm³/mol. The van der Waals surface area contributed by atoms with E-state index in [1.807, 2.05) is 12.3 Å². The number of pyridine rings is 1. The van der Waals surface area contributed by atoms with Crippen molar-refractivity contribution in [1.82, 2.24) is 9.88 Å². The first-order valence-electron chi connectivity index (χ1n) is 9.27. The molecule has 0 radical (unpaired) electrons. The lowest BCUT2D eigenvalue weighted by atomic mass is 9.94. The van der Waals surface area contributed by atoms with Gasteiger partial charge in [-0.1, -0.05) is 36.4 Å². The first kappa shape index (κ1) is 18.3. The van der Waals surface area contributed by atoms with E-state index in [-0.39, 0.29) is 5.92 Å². The Morgan fingerprint density at radius 3 is 2.88 bits per heavy atom. The number of piperidine rings is 1. The Hall–Kier alpha value is -2.46. The summed E-state index contributed by atoms with van der Waals surface area (Å²) < 4.78 is 0. The Morgan fingerprint density at radius 1 is 1.31 bits per heavy atom.